The quantitative estimate of drug-likeness (QED) is 0.887. The van der Waals surface area contributed by atoms with Crippen LogP contribution >= 0.6 is 0 Å². The number of benzene rings is 1. The molecule has 5 heteroatoms. The lowest BCUT2D eigenvalue weighted by Crippen LogP contribution is -2.47. The standard InChI is InChI=1S/C15H21N3O2/c1-11-5-7-13(8-6-11)17-15(20)16-12(2)14(19)18-9-3-4-10-18/h5-8,12H,3-4,9-10H2,1-2H3,(H2,16,17,20)/t12-/m0/s1. The molecule has 1 atom stereocenters. The van der Waals surface area contributed by atoms with E-state index in [4.69, 9.17) is 0 Å². The number of hydrogen-bond donors (Lipinski definition) is 2. The van der Waals surface area contributed by atoms with Crippen LogP contribution in [0.2, 0.25) is 0 Å². The molecule has 20 heavy (non-hydrogen) atoms. The van der Waals surface area contributed by atoms with Crippen LogP contribution in [0.25, 0.3) is 0 Å². The third-order valence-electron chi connectivity index (χ3n) is 3.45. The summed E-state index contributed by atoms with van der Waals surface area (Å²) in [6, 6.07) is 6.67. The third kappa shape index (κ3) is 3.73. The minimum atomic E-state index is -0.501. The second-order valence-corrected chi connectivity index (χ2v) is 5.22. The Hall–Kier alpha value is -2.04. The predicted molar refractivity (Wildman–Crippen MR) is 78.6 cm³/mol. The minimum Gasteiger partial charge on any atom is -0.341 e. The largest absolute Gasteiger partial charge is 0.341 e. The van der Waals surface area contributed by atoms with E-state index in [9.17, 15) is 9.59 Å². The maximum atomic E-state index is 12.1. The van der Waals surface area contributed by atoms with Crippen LogP contribution in [0.15, 0.2) is 24.3 Å². The number of anilines is 1. The summed E-state index contributed by atoms with van der Waals surface area (Å²) >= 11 is 0. The van der Waals surface area contributed by atoms with Crippen LogP contribution in [0.5, 0.6) is 0 Å². The van der Waals surface area contributed by atoms with Crippen molar-refractivity contribution in [1.82, 2.24) is 10.2 Å². The molecule has 2 rings (SSSR count). The Morgan fingerprint density at radius 3 is 2.35 bits per heavy atom. The van der Waals surface area contributed by atoms with Crippen molar-refractivity contribution in [2.75, 3.05) is 18.4 Å². The van der Waals surface area contributed by atoms with Crippen LogP contribution in [-0.2, 0) is 4.79 Å². The molecule has 0 saturated carbocycles. The van der Waals surface area contributed by atoms with Crippen molar-refractivity contribution in [3.8, 4) is 0 Å². The fraction of sp³-hybridized carbons (Fsp3) is 0.467. The van der Waals surface area contributed by atoms with E-state index in [2.05, 4.69) is 10.6 Å². The Labute approximate surface area is 119 Å². The molecule has 108 valence electrons. The molecule has 5 nitrogen and oxygen atoms in total. The molecular weight excluding hydrogens is 254 g/mol. The lowest BCUT2D eigenvalue weighted by atomic mass is 10.2. The monoisotopic (exact) mass is 275 g/mol. The van der Waals surface area contributed by atoms with Crippen molar-refractivity contribution < 1.29 is 9.59 Å². The molecule has 0 aromatic heterocycles. The van der Waals surface area contributed by atoms with E-state index in [0.29, 0.717) is 5.69 Å². The summed E-state index contributed by atoms with van der Waals surface area (Å²) in [5, 5.41) is 5.40. The summed E-state index contributed by atoms with van der Waals surface area (Å²) in [5.74, 6) is -0.0124. The van der Waals surface area contributed by atoms with Gasteiger partial charge in [-0.1, -0.05) is 17.7 Å². The fourth-order valence-corrected chi connectivity index (χ4v) is 2.27. The Balaban J connectivity index is 1.84. The highest BCUT2D eigenvalue weighted by Crippen LogP contribution is 2.10. The highest BCUT2D eigenvalue weighted by molar-refractivity contribution is 5.93. The van der Waals surface area contributed by atoms with Crippen LogP contribution in [0.4, 0.5) is 10.5 Å². The van der Waals surface area contributed by atoms with E-state index in [1.807, 2.05) is 31.2 Å². The molecule has 1 fully saturated rings. The molecule has 0 radical (unpaired) electrons. The molecule has 1 aromatic carbocycles. The lowest BCUT2D eigenvalue weighted by Gasteiger charge is -2.21. The molecule has 1 aliphatic heterocycles. The van der Waals surface area contributed by atoms with E-state index in [1.54, 1.807) is 11.8 Å². The number of amides is 3. The highest BCUT2D eigenvalue weighted by Gasteiger charge is 2.24. The van der Waals surface area contributed by atoms with Gasteiger partial charge in [-0.15, -0.1) is 0 Å². The number of hydrogen-bond acceptors (Lipinski definition) is 2. The summed E-state index contributed by atoms with van der Waals surface area (Å²) in [7, 11) is 0. The lowest BCUT2D eigenvalue weighted by molar-refractivity contribution is -0.131. The second kappa shape index (κ2) is 6.41. The Morgan fingerprint density at radius 2 is 1.75 bits per heavy atom. The van der Waals surface area contributed by atoms with Gasteiger partial charge >= 0.3 is 6.03 Å². The second-order valence-electron chi connectivity index (χ2n) is 5.22. The smallest absolute Gasteiger partial charge is 0.319 e. The van der Waals surface area contributed by atoms with Crippen LogP contribution in [0.3, 0.4) is 0 Å². The zero-order valence-electron chi connectivity index (χ0n) is 12.0. The van der Waals surface area contributed by atoms with Crippen molar-refractivity contribution in [3.63, 3.8) is 0 Å². The van der Waals surface area contributed by atoms with Crippen LogP contribution < -0.4 is 10.6 Å². The van der Waals surface area contributed by atoms with Gasteiger partial charge in [-0.3, -0.25) is 4.79 Å². The van der Waals surface area contributed by atoms with Gasteiger partial charge in [0, 0.05) is 18.8 Å². The van der Waals surface area contributed by atoms with E-state index in [0.717, 1.165) is 31.5 Å². The number of carbonyl (C=O) groups is 2. The number of urea groups is 1. The average Bonchev–Trinajstić information content (AvgIpc) is 2.94. The molecule has 0 spiro atoms. The zero-order chi connectivity index (χ0) is 14.5. The topological polar surface area (TPSA) is 61.4 Å². The number of aryl methyl sites for hydroxylation is 1. The molecular formula is C15H21N3O2. The van der Waals surface area contributed by atoms with E-state index in [1.165, 1.54) is 0 Å². The molecule has 0 bridgehead atoms. The van der Waals surface area contributed by atoms with Gasteiger partial charge in [0.2, 0.25) is 5.91 Å². The van der Waals surface area contributed by atoms with Gasteiger partial charge in [0.15, 0.2) is 0 Å². The first-order valence-corrected chi connectivity index (χ1v) is 6.99. The van der Waals surface area contributed by atoms with Gasteiger partial charge < -0.3 is 15.5 Å². The SMILES string of the molecule is Cc1ccc(NC(=O)N[C@@H](C)C(=O)N2CCCC2)cc1. The first-order valence-electron chi connectivity index (χ1n) is 6.99. The molecule has 1 aromatic rings. The predicted octanol–water partition coefficient (Wildman–Crippen LogP) is 2.13. The third-order valence-corrected chi connectivity index (χ3v) is 3.45. The summed E-state index contributed by atoms with van der Waals surface area (Å²) in [6.07, 6.45) is 2.10. The number of rotatable bonds is 3. The van der Waals surface area contributed by atoms with Crippen molar-refractivity contribution >= 4 is 17.6 Å². The summed E-state index contributed by atoms with van der Waals surface area (Å²) in [5.41, 5.74) is 1.85. The number of carbonyl (C=O) groups excluding carboxylic acids is 2. The number of nitrogens with zero attached hydrogens (tertiary/aromatic N) is 1. The summed E-state index contributed by atoms with van der Waals surface area (Å²) < 4.78 is 0. The zero-order valence-corrected chi connectivity index (χ0v) is 12.0. The highest BCUT2D eigenvalue weighted by atomic mass is 16.2. The van der Waals surface area contributed by atoms with Gasteiger partial charge in [-0.25, -0.2) is 4.79 Å². The van der Waals surface area contributed by atoms with Crippen molar-refractivity contribution in [3.05, 3.63) is 29.8 Å². The van der Waals surface area contributed by atoms with Gasteiger partial charge in [-0.2, -0.15) is 0 Å². The first kappa shape index (κ1) is 14.4. The Kier molecular flexibility index (Phi) is 4.61. The van der Waals surface area contributed by atoms with E-state index in [-0.39, 0.29) is 11.9 Å². The summed E-state index contributed by atoms with van der Waals surface area (Å²) in [4.78, 5) is 25.7. The van der Waals surface area contributed by atoms with Gasteiger partial charge in [-0.05, 0) is 38.8 Å². The van der Waals surface area contributed by atoms with E-state index >= 15 is 0 Å². The first-order chi connectivity index (χ1) is 9.56. The van der Waals surface area contributed by atoms with Crippen molar-refractivity contribution in [2.45, 2.75) is 32.7 Å². The maximum Gasteiger partial charge on any atom is 0.319 e. The number of likely N-dealkylation sites (tertiary alicyclic amines) is 1. The van der Waals surface area contributed by atoms with Crippen LogP contribution in [-0.4, -0.2) is 36.0 Å². The summed E-state index contributed by atoms with van der Waals surface area (Å²) in [6.45, 7) is 5.30. The minimum absolute atomic E-state index is 0.0124. The van der Waals surface area contributed by atoms with Crippen LogP contribution in [0.1, 0.15) is 25.3 Å². The molecule has 2 N–H and O–H groups in total. The fourth-order valence-electron chi connectivity index (χ4n) is 2.27. The molecule has 0 aliphatic carbocycles. The molecule has 1 saturated heterocycles. The number of nitrogens with one attached hydrogen (secondary N) is 2. The van der Waals surface area contributed by atoms with Crippen LogP contribution in [0, 0.1) is 6.92 Å². The molecule has 0 unspecified atom stereocenters. The van der Waals surface area contributed by atoms with Gasteiger partial charge in [0.25, 0.3) is 0 Å². The van der Waals surface area contributed by atoms with Gasteiger partial charge in [0.1, 0.15) is 6.04 Å². The average molecular weight is 275 g/mol. The Bertz CT molecular complexity index is 478. The van der Waals surface area contributed by atoms with Gasteiger partial charge in [0.05, 0.1) is 0 Å². The van der Waals surface area contributed by atoms with E-state index < -0.39 is 6.04 Å². The van der Waals surface area contributed by atoms with Crippen molar-refractivity contribution in [1.29, 1.82) is 0 Å². The Morgan fingerprint density at radius 1 is 1.15 bits per heavy atom. The maximum absolute atomic E-state index is 12.1. The van der Waals surface area contributed by atoms with Crippen molar-refractivity contribution in [2.24, 2.45) is 0 Å². The molecule has 3 amide bonds. The molecule has 1 aliphatic rings. The normalized spacial score (nSPS) is 15.8. The molecule has 1 heterocycles.